The molecule has 0 spiro atoms. The molecule has 0 aromatic carbocycles. The normalized spacial score (nSPS) is 21.3. The second-order valence-electron chi connectivity index (χ2n) is 5.50. The quantitative estimate of drug-likeness (QED) is 0.666. The minimum atomic E-state index is -0.491. The molecule has 0 aromatic rings. The first-order chi connectivity index (χ1) is 7.91. The first-order valence-corrected chi connectivity index (χ1v) is 8.87. The second-order valence-corrected chi connectivity index (χ2v) is 9.08. The predicted octanol–water partition coefficient (Wildman–Crippen LogP) is 5.10. The third-order valence-corrected chi connectivity index (χ3v) is 8.69. The molecule has 0 unspecified atom stereocenters. The van der Waals surface area contributed by atoms with Gasteiger partial charge in [0.1, 0.15) is 0 Å². The van der Waals surface area contributed by atoms with Crippen molar-refractivity contribution in [2.45, 2.75) is 54.4 Å². The molecule has 0 nitrogen and oxygen atoms in total. The van der Waals surface area contributed by atoms with Gasteiger partial charge in [0.15, 0.2) is 0 Å². The van der Waals surface area contributed by atoms with Crippen LogP contribution < -0.4 is 0 Å². The van der Waals surface area contributed by atoms with E-state index in [0.29, 0.717) is 0 Å². The third kappa shape index (κ3) is 2.36. The van der Waals surface area contributed by atoms with Crippen molar-refractivity contribution >= 4 is 0 Å². The summed E-state index contributed by atoms with van der Waals surface area (Å²) < 4.78 is 3.64. The van der Waals surface area contributed by atoms with E-state index in [0.717, 1.165) is 0 Å². The summed E-state index contributed by atoms with van der Waals surface area (Å²) in [5, 5.41) is 0. The zero-order chi connectivity index (χ0) is 12.7. The summed E-state index contributed by atoms with van der Waals surface area (Å²) in [7, 11) is 0. The third-order valence-electron chi connectivity index (χ3n) is 4.50. The predicted molar refractivity (Wildman–Crippen MR) is 71.4 cm³/mol. The van der Waals surface area contributed by atoms with Crippen LogP contribution in [-0.4, -0.2) is 0 Å². The summed E-state index contributed by atoms with van der Waals surface area (Å²) in [6, 6.07) is 0. The molecule has 0 fully saturated rings. The van der Waals surface area contributed by atoms with E-state index in [1.807, 2.05) is 6.56 Å². The van der Waals surface area contributed by atoms with Gasteiger partial charge in [-0.1, -0.05) is 0 Å². The van der Waals surface area contributed by atoms with Gasteiger partial charge >= 0.3 is 118 Å². The fraction of sp³-hybridized carbons (Fsp3) is 0.500. The van der Waals surface area contributed by atoms with Crippen LogP contribution in [0.1, 0.15) is 54.4 Å². The molecule has 2 aliphatic rings. The summed E-state index contributed by atoms with van der Waals surface area (Å²) in [6.07, 6.45) is 2.55. The molecular formula is C16H22Zr. The molecule has 0 bridgehead atoms. The molecule has 0 aliphatic heterocycles. The molecule has 0 saturated carbocycles. The van der Waals surface area contributed by atoms with Crippen molar-refractivity contribution in [1.29, 1.82) is 0 Å². The molecule has 0 saturated heterocycles. The summed E-state index contributed by atoms with van der Waals surface area (Å²) in [5.74, 6) is 0. The Kier molecular flexibility index (Phi) is 3.78. The van der Waals surface area contributed by atoms with Gasteiger partial charge in [-0.3, -0.25) is 0 Å². The summed E-state index contributed by atoms with van der Waals surface area (Å²) in [5.41, 5.74) is 9.59. The van der Waals surface area contributed by atoms with E-state index in [1.165, 1.54) is 12.8 Å². The molecule has 90 valence electrons. The van der Waals surface area contributed by atoms with Crippen LogP contribution in [0.25, 0.3) is 0 Å². The van der Waals surface area contributed by atoms with Gasteiger partial charge < -0.3 is 0 Å². The van der Waals surface area contributed by atoms with Crippen molar-refractivity contribution in [2.75, 3.05) is 0 Å². The second kappa shape index (κ2) is 4.84. The van der Waals surface area contributed by atoms with Gasteiger partial charge in [0.2, 0.25) is 0 Å². The molecule has 0 aromatic heterocycles. The number of hydrogen-bond donors (Lipinski definition) is 0. The van der Waals surface area contributed by atoms with Crippen LogP contribution in [0.5, 0.6) is 0 Å². The van der Waals surface area contributed by atoms with Crippen LogP contribution in [0.4, 0.5) is 0 Å². The first kappa shape index (κ1) is 13.3. The summed E-state index contributed by atoms with van der Waals surface area (Å²) in [6.45, 7) is 13.9. The fourth-order valence-corrected chi connectivity index (χ4v) is 7.09. The molecule has 0 heterocycles. The Labute approximate surface area is 117 Å². The average Bonchev–Trinajstić information content (AvgIpc) is 2.66. The van der Waals surface area contributed by atoms with Gasteiger partial charge in [0.25, 0.3) is 0 Å². The first-order valence-electron chi connectivity index (χ1n) is 6.41. The van der Waals surface area contributed by atoms with Crippen molar-refractivity contribution in [2.24, 2.45) is 0 Å². The average molecular weight is 306 g/mol. The van der Waals surface area contributed by atoms with Crippen molar-refractivity contribution < 1.29 is 23.2 Å². The molecular weight excluding hydrogens is 283 g/mol. The van der Waals surface area contributed by atoms with Crippen LogP contribution in [-0.2, 0) is 23.2 Å². The number of rotatable bonds is 2. The van der Waals surface area contributed by atoms with Crippen LogP contribution >= 0.6 is 0 Å². The van der Waals surface area contributed by atoms with Crippen molar-refractivity contribution in [1.82, 2.24) is 0 Å². The van der Waals surface area contributed by atoms with Crippen molar-refractivity contribution in [3.8, 4) is 0 Å². The molecule has 2 rings (SSSR count). The molecule has 1 heteroatoms. The van der Waals surface area contributed by atoms with Crippen LogP contribution in [0.2, 0.25) is 0 Å². The van der Waals surface area contributed by atoms with Crippen LogP contribution in [0, 0.1) is 0 Å². The monoisotopic (exact) mass is 304 g/mol. The molecule has 17 heavy (non-hydrogen) atoms. The Bertz CT molecular complexity index is 450. The standard InChI is InChI=1S/2C8H11.Zr/c2*1-6-4-5-7(2)8(6)3;/h2*4H2,1-3H3;. The Morgan fingerprint density at radius 1 is 0.588 bits per heavy atom. The Hall–Kier alpha value is -0.157. The van der Waals surface area contributed by atoms with Gasteiger partial charge in [0, 0.05) is 0 Å². The van der Waals surface area contributed by atoms with Gasteiger partial charge in [-0.05, 0) is 0 Å². The maximum atomic E-state index is 2.33. The topological polar surface area (TPSA) is 0 Å². The molecule has 0 radical (unpaired) electrons. The van der Waals surface area contributed by atoms with E-state index >= 15 is 0 Å². The van der Waals surface area contributed by atoms with Gasteiger partial charge in [-0.15, -0.1) is 0 Å². The maximum absolute atomic E-state index is 2.33. The fourth-order valence-electron chi connectivity index (χ4n) is 2.61. The SMILES string of the molecule is CC1=C(C)C(C)=[C]([Zr][C]2=C(C)C(C)=C(C)C2)C1. The summed E-state index contributed by atoms with van der Waals surface area (Å²) >= 11 is -0.491. The number of allylic oxidation sites excluding steroid dienone is 8. The van der Waals surface area contributed by atoms with Gasteiger partial charge in [0.05, 0.1) is 0 Å². The van der Waals surface area contributed by atoms with Gasteiger partial charge in [-0.25, -0.2) is 0 Å². The van der Waals surface area contributed by atoms with Crippen molar-refractivity contribution in [3.63, 3.8) is 0 Å². The molecule has 2 aliphatic carbocycles. The minimum absolute atomic E-state index is 0.491. The van der Waals surface area contributed by atoms with E-state index in [2.05, 4.69) is 41.5 Å². The molecule has 0 N–H and O–H groups in total. The Morgan fingerprint density at radius 2 is 0.941 bits per heavy atom. The van der Waals surface area contributed by atoms with Crippen LogP contribution in [0.3, 0.4) is 0 Å². The van der Waals surface area contributed by atoms with E-state index in [4.69, 9.17) is 0 Å². The zero-order valence-corrected chi connectivity index (χ0v) is 14.4. The van der Waals surface area contributed by atoms with E-state index in [9.17, 15) is 0 Å². The Morgan fingerprint density at radius 3 is 1.18 bits per heavy atom. The van der Waals surface area contributed by atoms with E-state index < -0.39 is 23.2 Å². The van der Waals surface area contributed by atoms with Crippen molar-refractivity contribution in [3.05, 3.63) is 40.0 Å². The van der Waals surface area contributed by atoms with E-state index in [1.54, 1.807) is 33.4 Å². The zero-order valence-electron chi connectivity index (χ0n) is 11.9. The Balaban J connectivity index is 2.18. The van der Waals surface area contributed by atoms with Gasteiger partial charge in [-0.2, -0.15) is 0 Å². The molecule has 0 amide bonds. The molecule has 0 atom stereocenters. The summed E-state index contributed by atoms with van der Waals surface area (Å²) in [4.78, 5) is 0. The van der Waals surface area contributed by atoms with Crippen LogP contribution in [0.15, 0.2) is 40.0 Å². The number of hydrogen-bond acceptors (Lipinski definition) is 0. The van der Waals surface area contributed by atoms with E-state index in [-0.39, 0.29) is 0 Å².